The van der Waals surface area contributed by atoms with Crippen molar-refractivity contribution in [2.45, 2.75) is 17.7 Å². The summed E-state index contributed by atoms with van der Waals surface area (Å²) in [4.78, 5) is 0. The summed E-state index contributed by atoms with van der Waals surface area (Å²) in [6, 6.07) is 16.9. The Morgan fingerprint density at radius 1 is 1.08 bits per heavy atom. The Balaban J connectivity index is 1.57. The number of benzene rings is 2. The largest absolute Gasteiger partial charge is 0.356 e. The molecule has 4 rings (SSSR count). The molecule has 1 fully saturated rings. The molecule has 2 aromatic carbocycles. The Hall–Kier alpha value is -2.22. The Bertz CT molecular complexity index is 985. The second-order valence-electron chi connectivity index (χ2n) is 6.38. The van der Waals surface area contributed by atoms with Crippen molar-refractivity contribution in [3.63, 3.8) is 0 Å². The molecule has 3 aromatic rings. The van der Waals surface area contributed by atoms with Gasteiger partial charge in [0.25, 0.3) is 0 Å². The monoisotopic (exact) mass is 357 g/mol. The summed E-state index contributed by atoms with van der Waals surface area (Å²) in [6.45, 7) is 0.709. The number of aromatic nitrogens is 1. The number of fused-ring (bicyclic) bond motifs is 1. The SMILES string of the molecule is N[C@@H]1CN(S(=O)(=O)Cc2noc3ccccc23)C[C@H]1c1ccccc1. The topological polar surface area (TPSA) is 89.4 Å². The molecule has 2 heterocycles. The zero-order chi connectivity index (χ0) is 17.4. The fraction of sp³-hybridized carbons (Fsp3) is 0.278. The molecule has 7 heteroatoms. The van der Waals surface area contributed by atoms with Gasteiger partial charge in [0.1, 0.15) is 11.4 Å². The van der Waals surface area contributed by atoms with E-state index in [1.807, 2.05) is 48.5 Å². The number of hydrogen-bond donors (Lipinski definition) is 1. The molecule has 0 saturated carbocycles. The van der Waals surface area contributed by atoms with Gasteiger partial charge in [-0.1, -0.05) is 47.6 Å². The number of nitrogens with two attached hydrogens (primary N) is 1. The molecule has 2 N–H and O–H groups in total. The summed E-state index contributed by atoms with van der Waals surface area (Å²) in [7, 11) is -3.52. The van der Waals surface area contributed by atoms with Gasteiger partial charge in [-0.05, 0) is 17.7 Å². The molecule has 1 aliphatic heterocycles. The first kappa shape index (κ1) is 16.3. The number of nitrogens with zero attached hydrogens (tertiary/aromatic N) is 2. The fourth-order valence-corrected chi connectivity index (χ4v) is 4.90. The lowest BCUT2D eigenvalue weighted by Crippen LogP contribution is -2.33. The second-order valence-corrected chi connectivity index (χ2v) is 8.35. The molecule has 130 valence electrons. The van der Waals surface area contributed by atoms with Crippen LogP contribution < -0.4 is 5.73 Å². The minimum atomic E-state index is -3.52. The first-order chi connectivity index (χ1) is 12.0. The number of hydrogen-bond acceptors (Lipinski definition) is 5. The molecule has 1 saturated heterocycles. The third kappa shape index (κ3) is 3.06. The lowest BCUT2D eigenvalue weighted by Gasteiger charge is -2.16. The normalized spacial score (nSPS) is 21.8. The molecule has 0 radical (unpaired) electrons. The lowest BCUT2D eigenvalue weighted by molar-refractivity contribution is 0.443. The van der Waals surface area contributed by atoms with E-state index in [4.69, 9.17) is 10.3 Å². The van der Waals surface area contributed by atoms with E-state index in [0.29, 0.717) is 24.4 Å². The third-order valence-corrected chi connectivity index (χ3v) is 6.45. The molecule has 0 unspecified atom stereocenters. The third-order valence-electron chi connectivity index (χ3n) is 4.72. The minimum absolute atomic E-state index is 0.00466. The fourth-order valence-electron chi connectivity index (χ4n) is 3.38. The van der Waals surface area contributed by atoms with Crippen LogP contribution in [0.5, 0.6) is 0 Å². The minimum Gasteiger partial charge on any atom is -0.356 e. The highest BCUT2D eigenvalue weighted by Gasteiger charge is 2.38. The molecule has 0 spiro atoms. The van der Waals surface area contributed by atoms with Crippen LogP contribution in [0.1, 0.15) is 17.2 Å². The molecular formula is C18H19N3O3S. The van der Waals surface area contributed by atoms with E-state index >= 15 is 0 Å². The van der Waals surface area contributed by atoms with Crippen LogP contribution in [0, 0.1) is 0 Å². The smallest absolute Gasteiger partial charge is 0.220 e. The molecule has 0 bridgehead atoms. The van der Waals surface area contributed by atoms with E-state index in [0.717, 1.165) is 10.9 Å². The maximum Gasteiger partial charge on any atom is 0.220 e. The van der Waals surface area contributed by atoms with Crippen LogP contribution in [0.4, 0.5) is 0 Å². The van der Waals surface area contributed by atoms with E-state index in [-0.39, 0.29) is 17.7 Å². The molecule has 0 amide bonds. The predicted octanol–water partition coefficient (Wildman–Crippen LogP) is 2.08. The van der Waals surface area contributed by atoms with Crippen LogP contribution >= 0.6 is 0 Å². The van der Waals surface area contributed by atoms with Gasteiger partial charge in [-0.25, -0.2) is 8.42 Å². The second kappa shape index (κ2) is 6.25. The molecule has 0 aliphatic carbocycles. The van der Waals surface area contributed by atoms with Crippen LogP contribution in [-0.2, 0) is 15.8 Å². The van der Waals surface area contributed by atoms with Crippen molar-refractivity contribution in [1.82, 2.24) is 9.46 Å². The molecule has 6 nitrogen and oxygen atoms in total. The number of rotatable bonds is 4. The Morgan fingerprint density at radius 3 is 2.60 bits per heavy atom. The van der Waals surface area contributed by atoms with E-state index in [2.05, 4.69) is 5.16 Å². The number of para-hydroxylation sites is 1. The Labute approximate surface area is 146 Å². The van der Waals surface area contributed by atoms with Crippen LogP contribution in [0.15, 0.2) is 59.1 Å². The lowest BCUT2D eigenvalue weighted by atomic mass is 9.95. The van der Waals surface area contributed by atoms with Crippen molar-refractivity contribution >= 4 is 21.0 Å². The molecule has 2 atom stereocenters. The first-order valence-corrected chi connectivity index (χ1v) is 9.77. The highest BCUT2D eigenvalue weighted by atomic mass is 32.2. The molecular weight excluding hydrogens is 338 g/mol. The van der Waals surface area contributed by atoms with Gasteiger partial charge in [0, 0.05) is 30.4 Å². The molecule has 1 aliphatic rings. The Morgan fingerprint density at radius 2 is 1.80 bits per heavy atom. The van der Waals surface area contributed by atoms with E-state index in [1.54, 1.807) is 6.07 Å². The zero-order valence-electron chi connectivity index (χ0n) is 13.6. The predicted molar refractivity (Wildman–Crippen MR) is 95.4 cm³/mol. The summed E-state index contributed by atoms with van der Waals surface area (Å²) in [5.74, 6) is -0.178. The number of sulfonamides is 1. The van der Waals surface area contributed by atoms with Crippen molar-refractivity contribution in [1.29, 1.82) is 0 Å². The van der Waals surface area contributed by atoms with Gasteiger partial charge in [-0.3, -0.25) is 0 Å². The maximum atomic E-state index is 12.9. The van der Waals surface area contributed by atoms with Gasteiger partial charge < -0.3 is 10.3 Å². The quantitative estimate of drug-likeness (QED) is 0.772. The average Bonchev–Trinajstić information content (AvgIpc) is 3.20. The van der Waals surface area contributed by atoms with Gasteiger partial charge in [0.2, 0.25) is 10.0 Å². The van der Waals surface area contributed by atoms with Gasteiger partial charge in [-0.15, -0.1) is 0 Å². The summed E-state index contributed by atoms with van der Waals surface area (Å²) in [5.41, 5.74) is 8.32. The standard InChI is InChI=1S/C18H19N3O3S/c19-16-11-21(10-15(16)13-6-2-1-3-7-13)25(22,23)12-17-14-8-4-5-9-18(14)24-20-17/h1-9,15-16H,10-12,19H2/t15-,16+/m0/s1. The summed E-state index contributed by atoms with van der Waals surface area (Å²) in [6.07, 6.45) is 0. The zero-order valence-corrected chi connectivity index (χ0v) is 14.4. The van der Waals surface area contributed by atoms with Crippen molar-refractivity contribution in [2.75, 3.05) is 13.1 Å². The van der Waals surface area contributed by atoms with Crippen LogP contribution in [0.25, 0.3) is 11.0 Å². The van der Waals surface area contributed by atoms with Gasteiger partial charge in [-0.2, -0.15) is 4.31 Å². The highest BCUT2D eigenvalue weighted by molar-refractivity contribution is 7.88. The van der Waals surface area contributed by atoms with E-state index in [1.165, 1.54) is 4.31 Å². The van der Waals surface area contributed by atoms with Crippen molar-refractivity contribution in [3.05, 3.63) is 65.9 Å². The first-order valence-electron chi connectivity index (χ1n) is 8.16. The Kier molecular flexibility index (Phi) is 4.07. The summed E-state index contributed by atoms with van der Waals surface area (Å²) in [5, 5.41) is 4.67. The summed E-state index contributed by atoms with van der Waals surface area (Å²) < 4.78 is 32.4. The van der Waals surface area contributed by atoms with Gasteiger partial charge in [0.15, 0.2) is 5.58 Å². The molecule has 25 heavy (non-hydrogen) atoms. The van der Waals surface area contributed by atoms with Crippen LogP contribution in [0.3, 0.4) is 0 Å². The highest BCUT2D eigenvalue weighted by Crippen LogP contribution is 2.30. The van der Waals surface area contributed by atoms with E-state index in [9.17, 15) is 8.42 Å². The van der Waals surface area contributed by atoms with Crippen LogP contribution in [-0.4, -0.2) is 37.0 Å². The van der Waals surface area contributed by atoms with Gasteiger partial charge >= 0.3 is 0 Å². The maximum absolute atomic E-state index is 12.9. The van der Waals surface area contributed by atoms with Crippen molar-refractivity contribution < 1.29 is 12.9 Å². The van der Waals surface area contributed by atoms with Crippen molar-refractivity contribution in [2.24, 2.45) is 5.73 Å². The van der Waals surface area contributed by atoms with Gasteiger partial charge in [0.05, 0.1) is 0 Å². The average molecular weight is 357 g/mol. The van der Waals surface area contributed by atoms with Crippen LogP contribution in [0.2, 0.25) is 0 Å². The van der Waals surface area contributed by atoms with E-state index < -0.39 is 10.0 Å². The molecule has 1 aromatic heterocycles. The van der Waals surface area contributed by atoms with Crippen molar-refractivity contribution in [3.8, 4) is 0 Å². The summed E-state index contributed by atoms with van der Waals surface area (Å²) >= 11 is 0.